The van der Waals surface area contributed by atoms with Gasteiger partial charge >= 0.3 is 5.97 Å². The first-order valence-corrected chi connectivity index (χ1v) is 6.85. The van der Waals surface area contributed by atoms with E-state index in [1.165, 1.54) is 58.3 Å². The van der Waals surface area contributed by atoms with Crippen LogP contribution in [0.2, 0.25) is 0 Å². The lowest BCUT2D eigenvalue weighted by atomic mass is 9.80. The molecular formula is C14H26O2. The number of carbonyl (C=O) groups is 1. The van der Waals surface area contributed by atoms with E-state index >= 15 is 0 Å². The highest BCUT2D eigenvalue weighted by Gasteiger charge is 2.21. The van der Waals surface area contributed by atoms with E-state index in [1.54, 1.807) is 0 Å². The van der Waals surface area contributed by atoms with E-state index in [0.29, 0.717) is 12.5 Å². The third-order valence-electron chi connectivity index (χ3n) is 3.70. The van der Waals surface area contributed by atoms with Crippen LogP contribution in [-0.2, 0) is 9.53 Å². The van der Waals surface area contributed by atoms with Gasteiger partial charge in [0.15, 0.2) is 0 Å². The van der Waals surface area contributed by atoms with E-state index in [1.807, 2.05) is 0 Å². The fourth-order valence-electron chi connectivity index (χ4n) is 2.61. The van der Waals surface area contributed by atoms with Crippen molar-refractivity contribution in [1.29, 1.82) is 0 Å². The normalized spacial score (nSPS) is 25.4. The van der Waals surface area contributed by atoms with Gasteiger partial charge in [0, 0.05) is 6.92 Å². The maximum atomic E-state index is 10.7. The maximum Gasteiger partial charge on any atom is 0.302 e. The molecule has 0 aromatic carbocycles. The second-order valence-electron chi connectivity index (χ2n) is 5.19. The van der Waals surface area contributed by atoms with Crippen LogP contribution < -0.4 is 0 Å². The topological polar surface area (TPSA) is 26.3 Å². The Bertz CT molecular complexity index is 193. The van der Waals surface area contributed by atoms with Gasteiger partial charge in [-0.05, 0) is 24.7 Å². The molecule has 0 N–H and O–H groups in total. The van der Waals surface area contributed by atoms with Crippen molar-refractivity contribution >= 4 is 5.97 Å². The molecule has 0 saturated heterocycles. The van der Waals surface area contributed by atoms with E-state index in [9.17, 15) is 4.79 Å². The molecule has 94 valence electrons. The zero-order valence-electron chi connectivity index (χ0n) is 10.8. The number of rotatable bonds is 6. The molecule has 1 aliphatic carbocycles. The summed E-state index contributed by atoms with van der Waals surface area (Å²) in [4.78, 5) is 10.7. The molecule has 0 radical (unpaired) electrons. The zero-order valence-corrected chi connectivity index (χ0v) is 10.8. The lowest BCUT2D eigenvalue weighted by molar-refractivity contribution is -0.142. The van der Waals surface area contributed by atoms with Gasteiger partial charge in [-0.1, -0.05) is 45.4 Å². The second kappa shape index (κ2) is 7.70. The van der Waals surface area contributed by atoms with Crippen LogP contribution in [0, 0.1) is 11.8 Å². The third-order valence-corrected chi connectivity index (χ3v) is 3.70. The molecule has 0 heterocycles. The standard InChI is InChI=1S/C14H26O2/c1-3-4-5-6-13-7-9-14(10-8-13)11-16-12(2)15/h13-14H,3-11H2,1-2H3. The van der Waals surface area contributed by atoms with Gasteiger partial charge in [-0.25, -0.2) is 0 Å². The van der Waals surface area contributed by atoms with Gasteiger partial charge in [0.1, 0.15) is 0 Å². The summed E-state index contributed by atoms with van der Waals surface area (Å²) in [6.07, 6.45) is 10.7. The first-order chi connectivity index (χ1) is 7.72. The average Bonchev–Trinajstić information content (AvgIpc) is 2.28. The summed E-state index contributed by atoms with van der Waals surface area (Å²) in [6.45, 7) is 4.41. The van der Waals surface area contributed by atoms with E-state index in [-0.39, 0.29) is 5.97 Å². The Balaban J connectivity index is 2.06. The van der Waals surface area contributed by atoms with Crippen molar-refractivity contribution < 1.29 is 9.53 Å². The lowest BCUT2D eigenvalue weighted by Gasteiger charge is -2.28. The van der Waals surface area contributed by atoms with Crippen molar-refractivity contribution in [2.45, 2.75) is 65.2 Å². The molecule has 2 nitrogen and oxygen atoms in total. The number of unbranched alkanes of at least 4 members (excludes halogenated alkanes) is 2. The number of ether oxygens (including phenoxy) is 1. The highest BCUT2D eigenvalue weighted by molar-refractivity contribution is 5.65. The van der Waals surface area contributed by atoms with Crippen LogP contribution in [-0.4, -0.2) is 12.6 Å². The van der Waals surface area contributed by atoms with Crippen molar-refractivity contribution in [3.05, 3.63) is 0 Å². The zero-order chi connectivity index (χ0) is 11.8. The van der Waals surface area contributed by atoms with Crippen LogP contribution >= 0.6 is 0 Å². The molecule has 1 fully saturated rings. The Morgan fingerprint density at radius 1 is 1.12 bits per heavy atom. The lowest BCUT2D eigenvalue weighted by Crippen LogP contribution is -2.19. The highest BCUT2D eigenvalue weighted by Crippen LogP contribution is 2.32. The van der Waals surface area contributed by atoms with E-state index in [0.717, 1.165) is 5.92 Å². The molecule has 1 saturated carbocycles. The predicted molar refractivity (Wildman–Crippen MR) is 66.2 cm³/mol. The Hall–Kier alpha value is -0.530. The van der Waals surface area contributed by atoms with Gasteiger partial charge < -0.3 is 4.74 Å². The van der Waals surface area contributed by atoms with Crippen LogP contribution in [0.4, 0.5) is 0 Å². The van der Waals surface area contributed by atoms with Crippen LogP contribution in [0.15, 0.2) is 0 Å². The molecule has 0 amide bonds. The van der Waals surface area contributed by atoms with Gasteiger partial charge in [-0.3, -0.25) is 4.79 Å². The quantitative estimate of drug-likeness (QED) is 0.506. The van der Waals surface area contributed by atoms with Crippen LogP contribution in [0.1, 0.15) is 65.2 Å². The molecule has 2 heteroatoms. The summed E-state index contributed by atoms with van der Waals surface area (Å²) in [5.74, 6) is 1.44. The number of carbonyl (C=O) groups excluding carboxylic acids is 1. The Kier molecular flexibility index (Phi) is 6.51. The SMILES string of the molecule is CCCCCC1CCC(COC(C)=O)CC1. The Morgan fingerprint density at radius 3 is 2.31 bits per heavy atom. The smallest absolute Gasteiger partial charge is 0.302 e. The molecule has 0 spiro atoms. The highest BCUT2D eigenvalue weighted by atomic mass is 16.5. The predicted octanol–water partition coefficient (Wildman–Crippen LogP) is 3.94. The molecular weight excluding hydrogens is 200 g/mol. The fourth-order valence-corrected chi connectivity index (χ4v) is 2.61. The average molecular weight is 226 g/mol. The molecule has 0 bridgehead atoms. The number of esters is 1. The van der Waals surface area contributed by atoms with Gasteiger partial charge in [0.05, 0.1) is 6.61 Å². The molecule has 0 unspecified atom stereocenters. The Morgan fingerprint density at radius 2 is 1.75 bits per heavy atom. The van der Waals surface area contributed by atoms with E-state index in [4.69, 9.17) is 4.74 Å². The van der Waals surface area contributed by atoms with E-state index < -0.39 is 0 Å². The van der Waals surface area contributed by atoms with Crippen molar-refractivity contribution in [2.24, 2.45) is 11.8 Å². The van der Waals surface area contributed by atoms with E-state index in [2.05, 4.69) is 6.92 Å². The number of hydrogen-bond donors (Lipinski definition) is 0. The molecule has 0 aromatic heterocycles. The summed E-state index contributed by atoms with van der Waals surface area (Å²) < 4.78 is 5.08. The van der Waals surface area contributed by atoms with Gasteiger partial charge in [0.25, 0.3) is 0 Å². The second-order valence-corrected chi connectivity index (χ2v) is 5.19. The van der Waals surface area contributed by atoms with Crippen molar-refractivity contribution in [1.82, 2.24) is 0 Å². The summed E-state index contributed by atoms with van der Waals surface area (Å²) in [7, 11) is 0. The first kappa shape index (κ1) is 13.5. The van der Waals surface area contributed by atoms with Crippen LogP contribution in [0.3, 0.4) is 0 Å². The minimum atomic E-state index is -0.134. The first-order valence-electron chi connectivity index (χ1n) is 6.85. The summed E-state index contributed by atoms with van der Waals surface area (Å²) in [5, 5.41) is 0. The molecule has 1 aliphatic rings. The molecule has 1 rings (SSSR count). The van der Waals surface area contributed by atoms with Crippen LogP contribution in [0.5, 0.6) is 0 Å². The van der Waals surface area contributed by atoms with Gasteiger partial charge in [-0.2, -0.15) is 0 Å². The van der Waals surface area contributed by atoms with Crippen molar-refractivity contribution in [2.75, 3.05) is 6.61 Å². The van der Waals surface area contributed by atoms with Crippen molar-refractivity contribution in [3.8, 4) is 0 Å². The Labute approximate surface area is 99.8 Å². The summed E-state index contributed by atoms with van der Waals surface area (Å²) in [5.41, 5.74) is 0. The van der Waals surface area contributed by atoms with Crippen LogP contribution in [0.25, 0.3) is 0 Å². The number of hydrogen-bond acceptors (Lipinski definition) is 2. The summed E-state index contributed by atoms with van der Waals surface area (Å²) >= 11 is 0. The maximum absolute atomic E-state index is 10.7. The molecule has 0 atom stereocenters. The van der Waals surface area contributed by atoms with Gasteiger partial charge in [0.2, 0.25) is 0 Å². The minimum absolute atomic E-state index is 0.134. The monoisotopic (exact) mass is 226 g/mol. The largest absolute Gasteiger partial charge is 0.466 e. The molecule has 0 aliphatic heterocycles. The summed E-state index contributed by atoms with van der Waals surface area (Å²) in [6, 6.07) is 0. The molecule has 0 aromatic rings. The van der Waals surface area contributed by atoms with Gasteiger partial charge in [-0.15, -0.1) is 0 Å². The minimum Gasteiger partial charge on any atom is -0.466 e. The fraction of sp³-hybridized carbons (Fsp3) is 0.929. The molecule has 16 heavy (non-hydrogen) atoms. The van der Waals surface area contributed by atoms with Crippen molar-refractivity contribution in [3.63, 3.8) is 0 Å². The third kappa shape index (κ3) is 5.53.